The van der Waals surface area contributed by atoms with Crippen LogP contribution < -0.4 is 0 Å². The van der Waals surface area contributed by atoms with Gasteiger partial charge < -0.3 is 9.80 Å². The summed E-state index contributed by atoms with van der Waals surface area (Å²) in [5.41, 5.74) is 2.27. The van der Waals surface area contributed by atoms with Crippen molar-refractivity contribution in [2.75, 3.05) is 33.7 Å². The van der Waals surface area contributed by atoms with Gasteiger partial charge in [-0.2, -0.15) is 0 Å². The van der Waals surface area contributed by atoms with Gasteiger partial charge in [0.15, 0.2) is 5.78 Å². The molecule has 1 aromatic rings. The van der Waals surface area contributed by atoms with Crippen LogP contribution in [0.25, 0.3) is 0 Å². The van der Waals surface area contributed by atoms with E-state index in [1.165, 1.54) is 24.8 Å². The molecule has 114 valence electrons. The molecule has 1 aliphatic carbocycles. The highest BCUT2D eigenvalue weighted by Crippen LogP contribution is 2.36. The highest BCUT2D eigenvalue weighted by molar-refractivity contribution is 5.96. The second kappa shape index (κ2) is 6.29. The minimum Gasteiger partial charge on any atom is -0.304 e. The second-order valence-corrected chi connectivity index (χ2v) is 6.78. The SMILES string of the molecule is CN1CCN(C)C(CC(=O)c2cccc(C3CCC3)c2)C1. The first-order valence-electron chi connectivity index (χ1n) is 8.15. The lowest BCUT2D eigenvalue weighted by Crippen LogP contribution is -2.50. The monoisotopic (exact) mass is 286 g/mol. The summed E-state index contributed by atoms with van der Waals surface area (Å²) in [5.74, 6) is 0.990. The van der Waals surface area contributed by atoms with E-state index >= 15 is 0 Å². The maximum atomic E-state index is 12.6. The van der Waals surface area contributed by atoms with Crippen LogP contribution in [-0.2, 0) is 0 Å². The molecule has 3 rings (SSSR count). The minimum absolute atomic E-state index is 0.295. The topological polar surface area (TPSA) is 23.6 Å². The predicted molar refractivity (Wildman–Crippen MR) is 85.9 cm³/mol. The zero-order valence-corrected chi connectivity index (χ0v) is 13.2. The lowest BCUT2D eigenvalue weighted by molar-refractivity contribution is 0.0810. The van der Waals surface area contributed by atoms with Crippen molar-refractivity contribution in [2.24, 2.45) is 0 Å². The fourth-order valence-corrected chi connectivity index (χ4v) is 3.36. The Bertz CT molecular complexity index is 510. The smallest absolute Gasteiger partial charge is 0.164 e. The number of carbonyl (C=O) groups excluding carboxylic acids is 1. The first-order chi connectivity index (χ1) is 10.1. The third-order valence-corrected chi connectivity index (χ3v) is 5.19. The van der Waals surface area contributed by atoms with E-state index in [2.05, 4.69) is 42.1 Å². The molecule has 3 heteroatoms. The molecule has 0 radical (unpaired) electrons. The Morgan fingerprint density at radius 2 is 2.05 bits per heavy atom. The van der Waals surface area contributed by atoms with Gasteiger partial charge in [-0.3, -0.25) is 4.79 Å². The maximum Gasteiger partial charge on any atom is 0.164 e. The number of hydrogen-bond donors (Lipinski definition) is 0. The number of likely N-dealkylation sites (N-methyl/N-ethyl adjacent to an activating group) is 2. The highest BCUT2D eigenvalue weighted by atomic mass is 16.1. The van der Waals surface area contributed by atoms with E-state index in [1.807, 2.05) is 6.07 Å². The standard InChI is InChI=1S/C18H26N2O/c1-19-9-10-20(2)17(13-19)12-18(21)16-8-4-7-15(11-16)14-5-3-6-14/h4,7-8,11,14,17H,3,5-6,9-10,12-13H2,1-2H3. The molecule has 3 nitrogen and oxygen atoms in total. The molecule has 1 aliphatic heterocycles. The largest absolute Gasteiger partial charge is 0.304 e. The van der Waals surface area contributed by atoms with Gasteiger partial charge in [0.1, 0.15) is 0 Å². The molecule has 2 aliphatic rings. The van der Waals surface area contributed by atoms with Crippen LogP contribution in [0.3, 0.4) is 0 Å². The molecule has 1 heterocycles. The molecular formula is C18H26N2O. The maximum absolute atomic E-state index is 12.6. The summed E-state index contributed by atoms with van der Waals surface area (Å²) in [5, 5.41) is 0. The molecular weight excluding hydrogens is 260 g/mol. The van der Waals surface area contributed by atoms with E-state index in [0.29, 0.717) is 24.2 Å². The molecule has 1 saturated carbocycles. The van der Waals surface area contributed by atoms with Gasteiger partial charge in [0.25, 0.3) is 0 Å². The fraction of sp³-hybridized carbons (Fsp3) is 0.611. The Labute approximate surface area is 127 Å². The molecule has 2 fully saturated rings. The van der Waals surface area contributed by atoms with Crippen molar-refractivity contribution in [1.29, 1.82) is 0 Å². The molecule has 0 bridgehead atoms. The van der Waals surface area contributed by atoms with E-state index < -0.39 is 0 Å². The van der Waals surface area contributed by atoms with Crippen LogP contribution in [0.4, 0.5) is 0 Å². The number of ketones is 1. The third kappa shape index (κ3) is 3.35. The number of benzene rings is 1. The van der Waals surface area contributed by atoms with Crippen LogP contribution in [0.15, 0.2) is 24.3 Å². The summed E-state index contributed by atoms with van der Waals surface area (Å²) in [4.78, 5) is 17.3. The van der Waals surface area contributed by atoms with Crippen LogP contribution in [0.1, 0.15) is 47.5 Å². The van der Waals surface area contributed by atoms with Crippen molar-refractivity contribution in [3.8, 4) is 0 Å². The van der Waals surface area contributed by atoms with Crippen molar-refractivity contribution in [1.82, 2.24) is 9.80 Å². The lowest BCUT2D eigenvalue weighted by atomic mass is 9.79. The quantitative estimate of drug-likeness (QED) is 0.795. The van der Waals surface area contributed by atoms with E-state index in [1.54, 1.807) is 0 Å². The van der Waals surface area contributed by atoms with Crippen molar-refractivity contribution in [3.05, 3.63) is 35.4 Å². The third-order valence-electron chi connectivity index (χ3n) is 5.19. The van der Waals surface area contributed by atoms with Gasteiger partial charge in [0.05, 0.1) is 0 Å². The van der Waals surface area contributed by atoms with Gasteiger partial charge in [0.2, 0.25) is 0 Å². The summed E-state index contributed by atoms with van der Waals surface area (Å²) in [7, 11) is 4.28. The molecule has 0 aromatic heterocycles. The lowest BCUT2D eigenvalue weighted by Gasteiger charge is -2.37. The predicted octanol–water partition coefficient (Wildman–Crippen LogP) is 2.77. The molecule has 1 unspecified atom stereocenters. The Balaban J connectivity index is 1.67. The molecule has 1 aromatic carbocycles. The van der Waals surface area contributed by atoms with Crippen LogP contribution >= 0.6 is 0 Å². The number of hydrogen-bond acceptors (Lipinski definition) is 3. The number of piperazine rings is 1. The molecule has 21 heavy (non-hydrogen) atoms. The van der Waals surface area contributed by atoms with Crippen molar-refractivity contribution in [2.45, 2.75) is 37.6 Å². The Morgan fingerprint density at radius 1 is 1.24 bits per heavy atom. The molecule has 1 saturated heterocycles. The van der Waals surface area contributed by atoms with Gasteiger partial charge in [-0.25, -0.2) is 0 Å². The van der Waals surface area contributed by atoms with Gasteiger partial charge in [-0.1, -0.05) is 24.6 Å². The second-order valence-electron chi connectivity index (χ2n) is 6.78. The summed E-state index contributed by atoms with van der Waals surface area (Å²) in [6.45, 7) is 3.14. The normalized spacial score (nSPS) is 24.8. The summed E-state index contributed by atoms with van der Waals surface area (Å²) < 4.78 is 0. The minimum atomic E-state index is 0.295. The van der Waals surface area contributed by atoms with Crippen LogP contribution in [0.5, 0.6) is 0 Å². The van der Waals surface area contributed by atoms with E-state index in [4.69, 9.17) is 0 Å². The van der Waals surface area contributed by atoms with E-state index in [-0.39, 0.29) is 0 Å². The fourth-order valence-electron chi connectivity index (χ4n) is 3.36. The summed E-state index contributed by atoms with van der Waals surface area (Å²) in [6.07, 6.45) is 4.54. The average Bonchev–Trinajstić information content (AvgIpc) is 2.41. The number of carbonyl (C=O) groups is 1. The van der Waals surface area contributed by atoms with Crippen LogP contribution in [0, 0.1) is 0 Å². The van der Waals surface area contributed by atoms with Crippen molar-refractivity contribution >= 4 is 5.78 Å². The summed E-state index contributed by atoms with van der Waals surface area (Å²) in [6, 6.07) is 8.71. The van der Waals surface area contributed by atoms with E-state index in [0.717, 1.165) is 25.2 Å². The first kappa shape index (κ1) is 14.7. The molecule has 0 N–H and O–H groups in total. The van der Waals surface area contributed by atoms with E-state index in [9.17, 15) is 4.79 Å². The van der Waals surface area contributed by atoms with Crippen molar-refractivity contribution in [3.63, 3.8) is 0 Å². The number of nitrogens with zero attached hydrogens (tertiary/aromatic N) is 2. The molecule has 0 spiro atoms. The van der Waals surface area contributed by atoms with Gasteiger partial charge >= 0.3 is 0 Å². The zero-order chi connectivity index (χ0) is 14.8. The highest BCUT2D eigenvalue weighted by Gasteiger charge is 2.25. The molecule has 0 amide bonds. The Hall–Kier alpha value is -1.19. The van der Waals surface area contributed by atoms with Crippen molar-refractivity contribution < 1.29 is 4.79 Å². The van der Waals surface area contributed by atoms with Crippen LogP contribution in [-0.4, -0.2) is 55.4 Å². The Kier molecular flexibility index (Phi) is 4.41. The zero-order valence-electron chi connectivity index (χ0n) is 13.2. The number of Topliss-reactive ketones (excluding diaryl/α,β-unsaturated/α-hetero) is 1. The van der Waals surface area contributed by atoms with Gasteiger partial charge in [-0.15, -0.1) is 0 Å². The van der Waals surface area contributed by atoms with Gasteiger partial charge in [-0.05, 0) is 44.5 Å². The summed E-state index contributed by atoms with van der Waals surface area (Å²) >= 11 is 0. The first-order valence-corrected chi connectivity index (χ1v) is 8.15. The average molecular weight is 286 g/mol. The van der Waals surface area contributed by atoms with Crippen LogP contribution in [0.2, 0.25) is 0 Å². The Morgan fingerprint density at radius 3 is 2.76 bits per heavy atom. The molecule has 1 atom stereocenters. The number of rotatable bonds is 4. The van der Waals surface area contributed by atoms with Gasteiger partial charge in [0, 0.05) is 37.7 Å².